The van der Waals surface area contributed by atoms with Crippen molar-refractivity contribution in [2.24, 2.45) is 0 Å². The summed E-state index contributed by atoms with van der Waals surface area (Å²) >= 11 is 0. The fraction of sp³-hybridized carbons (Fsp3) is 0.191. The van der Waals surface area contributed by atoms with Gasteiger partial charge in [-0.1, -0.05) is 140 Å². The number of hydrogen-bond donors (Lipinski definition) is 1. The van der Waals surface area contributed by atoms with Gasteiger partial charge in [0.15, 0.2) is 29.6 Å². The van der Waals surface area contributed by atoms with Crippen LogP contribution in [0.2, 0.25) is 0 Å². The summed E-state index contributed by atoms with van der Waals surface area (Å²) in [6.07, 6.45) is 0. The number of imidazole rings is 1. The van der Waals surface area contributed by atoms with Gasteiger partial charge in [0.05, 0.1) is 5.69 Å². The highest BCUT2D eigenvalue weighted by Gasteiger charge is 2.42. The van der Waals surface area contributed by atoms with E-state index in [1.54, 1.807) is 18.4 Å². The van der Waals surface area contributed by atoms with Gasteiger partial charge in [0.2, 0.25) is 0 Å². The molecule has 1 N–H and O–H groups in total. The lowest BCUT2D eigenvalue weighted by atomic mass is 9.77. The second kappa shape index (κ2) is 16.6. The van der Waals surface area contributed by atoms with Gasteiger partial charge >= 0.3 is 11.8 Å². The van der Waals surface area contributed by atoms with E-state index in [0.29, 0.717) is 11.6 Å². The Morgan fingerprint density at radius 2 is 1.32 bits per heavy atom. The second-order valence-corrected chi connectivity index (χ2v) is 14.8. The number of aryl methyl sites for hydroxylation is 1. The Hall–Kier alpha value is -7.22. The zero-order valence-electron chi connectivity index (χ0n) is 33.5. The maximum atomic E-state index is 13.5. The molecule has 60 heavy (non-hydrogen) atoms. The van der Waals surface area contributed by atoms with E-state index in [0.717, 1.165) is 38.9 Å². The van der Waals surface area contributed by atoms with E-state index >= 15 is 0 Å². The number of carbonyl (C=O) groups is 1. The molecule has 0 unspecified atom stereocenters. The zero-order valence-corrected chi connectivity index (χ0v) is 33.5. The molecular formula is C47H42N6O7. The van der Waals surface area contributed by atoms with E-state index in [9.17, 15) is 14.7 Å². The first-order chi connectivity index (χ1) is 29.1. The highest BCUT2D eigenvalue weighted by Crippen LogP contribution is 2.43. The molecule has 0 saturated heterocycles. The summed E-state index contributed by atoms with van der Waals surface area (Å²) in [5.74, 6) is -0.438. The molecule has 0 fully saturated rings. The lowest BCUT2D eigenvalue weighted by molar-refractivity contribution is 0.0396. The van der Waals surface area contributed by atoms with Crippen molar-refractivity contribution in [2.75, 3.05) is 7.11 Å². The van der Waals surface area contributed by atoms with Gasteiger partial charge in [-0.2, -0.15) is 0 Å². The molecule has 13 nitrogen and oxygen atoms in total. The Balaban J connectivity index is 1.17. The van der Waals surface area contributed by atoms with E-state index in [-0.39, 0.29) is 42.7 Å². The minimum atomic E-state index is -1.51. The highest BCUT2D eigenvalue weighted by molar-refractivity contribution is 5.89. The van der Waals surface area contributed by atoms with Crippen LogP contribution in [0.25, 0.3) is 22.5 Å². The molecule has 0 aliphatic carbocycles. The van der Waals surface area contributed by atoms with Gasteiger partial charge in [0.1, 0.15) is 23.6 Å². The van der Waals surface area contributed by atoms with E-state index in [1.165, 1.54) is 14.0 Å². The van der Waals surface area contributed by atoms with Gasteiger partial charge in [0, 0.05) is 19.2 Å². The molecule has 0 saturated carbocycles. The third-order valence-electron chi connectivity index (χ3n) is 10.4. The van der Waals surface area contributed by atoms with Gasteiger partial charge in [-0.15, -0.1) is 5.10 Å². The summed E-state index contributed by atoms with van der Waals surface area (Å²) < 4.78 is 24.5. The van der Waals surface area contributed by atoms with Gasteiger partial charge in [-0.25, -0.2) is 19.3 Å². The minimum absolute atomic E-state index is 0.0582. The van der Waals surface area contributed by atoms with Crippen molar-refractivity contribution in [3.05, 3.63) is 201 Å². The van der Waals surface area contributed by atoms with Crippen molar-refractivity contribution in [3.8, 4) is 22.5 Å². The fourth-order valence-corrected chi connectivity index (χ4v) is 7.76. The molecular weight excluding hydrogens is 761 g/mol. The van der Waals surface area contributed by atoms with Gasteiger partial charge < -0.3 is 28.0 Å². The maximum Gasteiger partial charge on any atom is 0.519 e. The molecule has 0 aliphatic rings. The van der Waals surface area contributed by atoms with Crippen LogP contribution < -0.4 is 5.82 Å². The number of tetrazole rings is 1. The molecule has 0 atom stereocenters. The summed E-state index contributed by atoms with van der Waals surface area (Å²) in [7, 11) is 1.52. The molecule has 0 radical (unpaired) electrons. The molecule has 3 aromatic heterocycles. The maximum absolute atomic E-state index is 13.5. The molecule has 0 spiro atoms. The Kier molecular flexibility index (Phi) is 10.9. The average molecular weight is 803 g/mol. The average Bonchev–Trinajstić information content (AvgIpc) is 3.99. The third-order valence-corrected chi connectivity index (χ3v) is 10.4. The molecule has 13 heteroatoms. The first-order valence-electron chi connectivity index (χ1n) is 19.3. The first kappa shape index (κ1) is 39.6. The van der Waals surface area contributed by atoms with Crippen molar-refractivity contribution in [1.82, 2.24) is 29.8 Å². The second-order valence-electron chi connectivity index (χ2n) is 14.8. The number of benzene rings is 5. The summed E-state index contributed by atoms with van der Waals surface area (Å²) in [5, 5.41) is 25.1. The van der Waals surface area contributed by atoms with Crippen molar-refractivity contribution < 1.29 is 28.2 Å². The number of ether oxygens (including phenoxy) is 2. The van der Waals surface area contributed by atoms with Crippen LogP contribution in [-0.2, 0) is 40.4 Å². The minimum Gasteiger partial charge on any atom is -0.453 e. The topological polar surface area (TPSA) is 161 Å². The number of nitrogens with zero attached hydrogens (tertiary/aromatic N) is 6. The molecule has 8 aromatic rings. The van der Waals surface area contributed by atoms with Crippen molar-refractivity contribution in [3.63, 3.8) is 0 Å². The fourth-order valence-electron chi connectivity index (χ4n) is 7.76. The number of hydrogen-bond acceptors (Lipinski definition) is 11. The number of rotatable bonds is 14. The molecule has 5 aromatic carbocycles. The standard InChI is InChI=1S/C47H42N6O7/c1-31-39(60-45(55)59-31)29-58-44(54)41-42(46(2,3)56)52(40(48-41)30-57-4)28-32-24-26-33(27-25-32)37-22-14-15-23-38(37)43-49-50-51-53(43)47(34-16-8-5-9-17-34,35-18-10-6-11-19-35)36-20-12-7-13-21-36/h5-27,56H,28-30H2,1-4H3. The van der Waals surface area contributed by atoms with E-state index in [4.69, 9.17) is 28.6 Å². The van der Waals surface area contributed by atoms with Gasteiger partial charge in [-0.05, 0) is 64.6 Å². The summed E-state index contributed by atoms with van der Waals surface area (Å²) in [4.78, 5) is 29.6. The van der Waals surface area contributed by atoms with Crippen molar-refractivity contribution in [1.29, 1.82) is 0 Å². The van der Waals surface area contributed by atoms with Gasteiger partial charge in [0.25, 0.3) is 0 Å². The van der Waals surface area contributed by atoms with Crippen LogP contribution in [0.5, 0.6) is 0 Å². The van der Waals surface area contributed by atoms with Crippen molar-refractivity contribution in [2.45, 2.75) is 51.7 Å². The van der Waals surface area contributed by atoms with Gasteiger partial charge in [-0.3, -0.25) is 0 Å². The molecule has 0 amide bonds. The largest absolute Gasteiger partial charge is 0.519 e. The highest BCUT2D eigenvalue weighted by atomic mass is 16.6. The number of aromatic nitrogens is 6. The summed E-state index contributed by atoms with van der Waals surface area (Å²) in [6.45, 7) is 4.63. The lowest BCUT2D eigenvalue weighted by Crippen LogP contribution is -2.39. The van der Waals surface area contributed by atoms with Crippen LogP contribution in [0.15, 0.2) is 153 Å². The quantitative estimate of drug-likeness (QED) is 0.0849. The van der Waals surface area contributed by atoms with Crippen LogP contribution >= 0.6 is 0 Å². The van der Waals surface area contributed by atoms with Crippen LogP contribution in [0.3, 0.4) is 0 Å². The molecule has 8 rings (SSSR count). The predicted molar refractivity (Wildman–Crippen MR) is 222 cm³/mol. The van der Waals surface area contributed by atoms with E-state index in [1.807, 2.05) is 108 Å². The van der Waals surface area contributed by atoms with Crippen LogP contribution in [-0.4, -0.2) is 47.9 Å². The predicted octanol–water partition coefficient (Wildman–Crippen LogP) is 7.68. The Labute approximate surface area is 345 Å². The van der Waals surface area contributed by atoms with Crippen molar-refractivity contribution >= 4 is 5.97 Å². The molecule has 3 heterocycles. The monoisotopic (exact) mass is 802 g/mol. The van der Waals surface area contributed by atoms with Crippen LogP contribution in [0, 0.1) is 6.92 Å². The normalized spacial score (nSPS) is 11.8. The lowest BCUT2D eigenvalue weighted by Gasteiger charge is -2.36. The summed E-state index contributed by atoms with van der Waals surface area (Å²) in [5.41, 5.74) is 4.23. The molecule has 302 valence electrons. The number of carbonyl (C=O) groups excluding carboxylic acids is 1. The number of aliphatic hydroxyl groups is 1. The Bertz CT molecular complexity index is 2690. The number of methoxy groups -OCH3 is 1. The first-order valence-corrected chi connectivity index (χ1v) is 19.3. The zero-order chi connectivity index (χ0) is 41.9. The Morgan fingerprint density at radius 3 is 1.85 bits per heavy atom. The third kappa shape index (κ3) is 7.47. The van der Waals surface area contributed by atoms with E-state index < -0.39 is 22.9 Å². The van der Waals surface area contributed by atoms with Crippen LogP contribution in [0.4, 0.5) is 0 Å². The molecule has 0 bridgehead atoms. The Morgan fingerprint density at radius 1 is 0.750 bits per heavy atom. The molecule has 0 aliphatic heterocycles. The van der Waals surface area contributed by atoms with Crippen LogP contribution in [0.1, 0.15) is 69.6 Å². The number of esters is 1. The SMILES string of the molecule is COCc1nc(C(=O)OCc2oc(=O)oc2C)c(C(C)(C)O)n1Cc1ccc(-c2ccccc2-c2nnnn2C(c2ccccc2)(c2ccccc2)c2ccccc2)cc1. The van der Waals surface area contributed by atoms with E-state index in [2.05, 4.69) is 46.6 Å². The summed E-state index contributed by atoms with van der Waals surface area (Å²) in [6, 6.07) is 46.8. The smallest absolute Gasteiger partial charge is 0.453 e.